The van der Waals surface area contributed by atoms with Crippen molar-refractivity contribution in [3.8, 4) is 0 Å². The van der Waals surface area contributed by atoms with Crippen LogP contribution in [0.1, 0.15) is 48.0 Å². The molecule has 0 aliphatic rings. The molecule has 0 bridgehead atoms. The van der Waals surface area contributed by atoms with Gasteiger partial charge in [-0.3, -0.25) is 14.1 Å². The monoisotopic (exact) mass is 438 g/mol. The molecule has 1 N–H and O–H groups in total. The van der Waals surface area contributed by atoms with Gasteiger partial charge < -0.3 is 9.47 Å². The molecule has 0 heterocycles. The third-order valence-electron chi connectivity index (χ3n) is 3.87. The van der Waals surface area contributed by atoms with Gasteiger partial charge in [-0.15, -0.1) is 0 Å². The Hall–Kier alpha value is -1.43. The number of carbonyl (C=O) groups is 2. The molecule has 0 aliphatic carbocycles. The van der Waals surface area contributed by atoms with E-state index in [0.29, 0.717) is 0 Å². The van der Waals surface area contributed by atoms with Crippen LogP contribution in [-0.4, -0.2) is 48.3 Å². The molecule has 0 aromatic rings. The number of esters is 2. The van der Waals surface area contributed by atoms with Crippen LogP contribution < -0.4 is 0 Å². The van der Waals surface area contributed by atoms with Crippen LogP contribution in [0.2, 0.25) is 0 Å². The lowest BCUT2D eigenvalue weighted by Crippen LogP contribution is -2.54. The maximum Gasteiger partial charge on any atom is 0.431 e. The normalized spacial score (nSPS) is 16.6. The first-order valence-electron chi connectivity index (χ1n) is 8.49. The summed E-state index contributed by atoms with van der Waals surface area (Å²) in [7, 11) is -6.51. The fourth-order valence-electron chi connectivity index (χ4n) is 2.38. The second-order valence-corrected chi connectivity index (χ2v) is 8.58. The molecule has 7 nitrogen and oxygen atoms in total. The number of ether oxygens (including phenoxy) is 2. The largest absolute Gasteiger partial charge is 0.463 e. The van der Waals surface area contributed by atoms with Crippen molar-refractivity contribution in [3.63, 3.8) is 0 Å². The Labute approximate surface area is 161 Å². The average Bonchev–Trinajstić information content (AvgIpc) is 2.48. The molecule has 12 heteroatoms. The van der Waals surface area contributed by atoms with Crippen LogP contribution in [0.5, 0.6) is 0 Å². The SMILES string of the molecule is CC(C)OC(=O)C(C)CC(C(C)C(=O)OC(C)C)C(F)(F)C(F)(F)S(=O)(=O)O. The molecule has 28 heavy (non-hydrogen) atoms. The Bertz CT molecular complexity index is 662. The summed E-state index contributed by atoms with van der Waals surface area (Å²) >= 11 is 0. The number of rotatable bonds is 10. The van der Waals surface area contributed by atoms with E-state index < -0.39 is 69.6 Å². The number of hydrogen-bond acceptors (Lipinski definition) is 6. The zero-order valence-corrected chi connectivity index (χ0v) is 17.2. The molecular weight excluding hydrogens is 412 g/mol. The van der Waals surface area contributed by atoms with Crippen LogP contribution in [-0.2, 0) is 29.2 Å². The fraction of sp³-hybridized carbons (Fsp3) is 0.875. The Morgan fingerprint density at radius 2 is 1.29 bits per heavy atom. The molecule has 0 amide bonds. The quantitative estimate of drug-likeness (QED) is 0.317. The highest BCUT2D eigenvalue weighted by Crippen LogP contribution is 2.48. The van der Waals surface area contributed by atoms with Gasteiger partial charge in [0.2, 0.25) is 0 Å². The molecule has 3 unspecified atom stereocenters. The van der Waals surface area contributed by atoms with Gasteiger partial charge in [0.05, 0.1) is 24.0 Å². The number of halogens is 4. The summed E-state index contributed by atoms with van der Waals surface area (Å²) in [6, 6.07) is 0. The predicted molar refractivity (Wildman–Crippen MR) is 90.3 cm³/mol. The average molecular weight is 438 g/mol. The van der Waals surface area contributed by atoms with Gasteiger partial charge in [-0.1, -0.05) is 13.8 Å². The first-order chi connectivity index (χ1) is 12.4. The molecular formula is C16H26F4O7S. The number of hydrogen-bond donors (Lipinski definition) is 1. The maximum atomic E-state index is 14.5. The summed E-state index contributed by atoms with van der Waals surface area (Å²) in [4.78, 5) is 23.9. The summed E-state index contributed by atoms with van der Waals surface area (Å²) < 4.78 is 96.7. The molecule has 0 radical (unpaired) electrons. The molecule has 0 spiro atoms. The van der Waals surface area contributed by atoms with Crippen molar-refractivity contribution >= 4 is 22.1 Å². The molecule has 0 aromatic carbocycles. The summed E-state index contributed by atoms with van der Waals surface area (Å²) in [6.45, 7) is 7.71. The second kappa shape index (κ2) is 9.38. The second-order valence-electron chi connectivity index (χ2n) is 7.12. The minimum Gasteiger partial charge on any atom is -0.463 e. The molecule has 0 saturated carbocycles. The molecule has 0 aromatic heterocycles. The van der Waals surface area contributed by atoms with Crippen LogP contribution in [0.25, 0.3) is 0 Å². The van der Waals surface area contributed by atoms with Crippen molar-refractivity contribution < 1.29 is 49.6 Å². The van der Waals surface area contributed by atoms with Gasteiger partial charge in [-0.2, -0.15) is 26.0 Å². The first-order valence-corrected chi connectivity index (χ1v) is 9.93. The molecule has 166 valence electrons. The number of carbonyl (C=O) groups excluding carboxylic acids is 2. The van der Waals surface area contributed by atoms with Gasteiger partial charge in [-0.05, 0) is 34.1 Å². The third-order valence-corrected chi connectivity index (χ3v) is 4.79. The molecule has 0 fully saturated rings. The predicted octanol–water partition coefficient (Wildman–Crippen LogP) is 3.28. The molecule has 0 aliphatic heterocycles. The van der Waals surface area contributed by atoms with Crippen molar-refractivity contribution in [3.05, 3.63) is 0 Å². The van der Waals surface area contributed by atoms with Crippen LogP contribution >= 0.6 is 0 Å². The van der Waals surface area contributed by atoms with Crippen LogP contribution in [0.4, 0.5) is 17.6 Å². The van der Waals surface area contributed by atoms with E-state index in [4.69, 9.17) is 14.0 Å². The Morgan fingerprint density at radius 1 is 0.893 bits per heavy atom. The summed E-state index contributed by atoms with van der Waals surface area (Å²) in [6.07, 6.45) is -2.39. The van der Waals surface area contributed by atoms with E-state index in [2.05, 4.69) is 0 Å². The lowest BCUT2D eigenvalue weighted by molar-refractivity contribution is -0.212. The Kier molecular flexibility index (Phi) is 8.90. The number of alkyl halides is 4. The fourth-order valence-corrected chi connectivity index (χ4v) is 2.88. The standard InChI is InChI=1S/C16H26F4O7S/c1-8(2)26-13(21)10(5)7-12(11(6)14(22)27-9(3)4)15(17,18)16(19,20)28(23,24)25/h8-12H,7H2,1-6H3,(H,23,24,25). The topological polar surface area (TPSA) is 107 Å². The first kappa shape index (κ1) is 26.6. The van der Waals surface area contributed by atoms with Crippen LogP contribution in [0.15, 0.2) is 0 Å². The van der Waals surface area contributed by atoms with E-state index in [9.17, 15) is 35.6 Å². The lowest BCUT2D eigenvalue weighted by Gasteiger charge is -2.35. The van der Waals surface area contributed by atoms with E-state index in [0.717, 1.165) is 13.8 Å². The third kappa shape index (κ3) is 6.29. The molecule has 0 rings (SSSR count). The highest BCUT2D eigenvalue weighted by molar-refractivity contribution is 7.87. The highest BCUT2D eigenvalue weighted by Gasteiger charge is 2.70. The van der Waals surface area contributed by atoms with Gasteiger partial charge in [0.25, 0.3) is 0 Å². The lowest BCUT2D eigenvalue weighted by atomic mass is 9.81. The van der Waals surface area contributed by atoms with Crippen molar-refractivity contribution in [2.24, 2.45) is 17.8 Å². The maximum absolute atomic E-state index is 14.5. The molecule has 3 atom stereocenters. The van der Waals surface area contributed by atoms with Crippen molar-refractivity contribution in [2.75, 3.05) is 0 Å². The van der Waals surface area contributed by atoms with Crippen molar-refractivity contribution in [2.45, 2.75) is 71.3 Å². The van der Waals surface area contributed by atoms with Gasteiger partial charge in [-0.25, -0.2) is 0 Å². The van der Waals surface area contributed by atoms with E-state index in [1.165, 1.54) is 27.7 Å². The van der Waals surface area contributed by atoms with E-state index >= 15 is 0 Å². The summed E-state index contributed by atoms with van der Waals surface area (Å²) in [5.74, 6) is -13.6. The summed E-state index contributed by atoms with van der Waals surface area (Å²) in [5.41, 5.74) is 0. The summed E-state index contributed by atoms with van der Waals surface area (Å²) in [5, 5.41) is -5.89. The van der Waals surface area contributed by atoms with Gasteiger partial charge >= 0.3 is 33.2 Å². The van der Waals surface area contributed by atoms with Gasteiger partial charge in [0, 0.05) is 5.92 Å². The van der Waals surface area contributed by atoms with Crippen molar-refractivity contribution in [1.29, 1.82) is 0 Å². The van der Waals surface area contributed by atoms with Crippen LogP contribution in [0, 0.1) is 17.8 Å². The minimum absolute atomic E-state index is 0.614. The Morgan fingerprint density at radius 3 is 1.64 bits per heavy atom. The minimum atomic E-state index is -6.51. The smallest absolute Gasteiger partial charge is 0.431 e. The van der Waals surface area contributed by atoms with E-state index in [1.807, 2.05) is 0 Å². The van der Waals surface area contributed by atoms with Crippen molar-refractivity contribution in [1.82, 2.24) is 0 Å². The van der Waals surface area contributed by atoms with Crippen LogP contribution in [0.3, 0.4) is 0 Å². The Balaban J connectivity index is 6.05. The van der Waals surface area contributed by atoms with Gasteiger partial charge in [0.1, 0.15) is 0 Å². The zero-order chi connectivity index (χ0) is 22.7. The van der Waals surface area contributed by atoms with E-state index in [1.54, 1.807) is 0 Å². The zero-order valence-electron chi connectivity index (χ0n) is 16.4. The molecule has 0 saturated heterocycles. The highest BCUT2D eigenvalue weighted by atomic mass is 32.2. The van der Waals surface area contributed by atoms with E-state index in [-0.39, 0.29) is 0 Å². The van der Waals surface area contributed by atoms with Gasteiger partial charge in [0.15, 0.2) is 0 Å².